The van der Waals surface area contributed by atoms with Gasteiger partial charge in [-0.25, -0.2) is 13.1 Å². The summed E-state index contributed by atoms with van der Waals surface area (Å²) in [4.78, 5) is -0.0566. The molecule has 1 fully saturated rings. The minimum absolute atomic E-state index is 0.0417. The summed E-state index contributed by atoms with van der Waals surface area (Å²) >= 11 is 0. The van der Waals surface area contributed by atoms with Gasteiger partial charge in [-0.3, -0.25) is 0 Å². The van der Waals surface area contributed by atoms with Crippen molar-refractivity contribution < 1.29 is 18.6 Å². The molecule has 0 aliphatic heterocycles. The number of hydrogen-bond donors (Lipinski definition) is 3. The van der Waals surface area contributed by atoms with Gasteiger partial charge in [0, 0.05) is 11.6 Å². The molecule has 1 aliphatic rings. The van der Waals surface area contributed by atoms with E-state index in [1.165, 1.54) is 11.6 Å². The molecule has 0 aromatic heterocycles. The monoisotopic (exact) mass is 449 g/mol. The summed E-state index contributed by atoms with van der Waals surface area (Å²) in [5.41, 5.74) is 3.17. The fourth-order valence-electron chi connectivity index (χ4n) is 3.75. The second kappa shape index (κ2) is 11.7. The van der Waals surface area contributed by atoms with Crippen LogP contribution in [0.15, 0.2) is 34.3 Å². The maximum atomic E-state index is 13.1. The van der Waals surface area contributed by atoms with E-state index in [-0.39, 0.29) is 28.0 Å². The number of phenolic OH excluding ortho intramolecular Hbond substituents is 2. The van der Waals surface area contributed by atoms with Gasteiger partial charge < -0.3 is 10.2 Å². The third-order valence-electron chi connectivity index (χ3n) is 5.90. The van der Waals surface area contributed by atoms with Gasteiger partial charge in [0.05, 0.1) is 0 Å². The van der Waals surface area contributed by atoms with Crippen molar-refractivity contribution in [3.8, 4) is 11.5 Å². The lowest BCUT2D eigenvalue weighted by atomic mass is 9.94. The van der Waals surface area contributed by atoms with Crippen molar-refractivity contribution in [3.05, 3.63) is 40.5 Å². The van der Waals surface area contributed by atoms with Crippen LogP contribution < -0.4 is 4.72 Å². The van der Waals surface area contributed by atoms with Gasteiger partial charge in [-0.05, 0) is 77.3 Å². The zero-order valence-corrected chi connectivity index (χ0v) is 20.3. The van der Waals surface area contributed by atoms with Crippen molar-refractivity contribution in [2.75, 3.05) is 0 Å². The molecule has 0 amide bonds. The number of aryl methyl sites for hydroxylation is 1. The van der Waals surface area contributed by atoms with E-state index in [0.717, 1.165) is 56.9 Å². The Kier molecular flexibility index (Phi) is 9.63. The zero-order chi connectivity index (χ0) is 23.0. The zero-order valence-electron chi connectivity index (χ0n) is 19.5. The van der Waals surface area contributed by atoms with E-state index in [2.05, 4.69) is 31.6 Å². The van der Waals surface area contributed by atoms with E-state index >= 15 is 0 Å². The highest BCUT2D eigenvalue weighted by Gasteiger charge is 2.31. The van der Waals surface area contributed by atoms with Crippen LogP contribution in [0.2, 0.25) is 0 Å². The molecule has 0 atom stereocenters. The fourth-order valence-corrected chi connectivity index (χ4v) is 5.43. The van der Waals surface area contributed by atoms with E-state index < -0.39 is 10.0 Å². The van der Waals surface area contributed by atoms with Crippen LogP contribution in [0, 0.1) is 0 Å². The Morgan fingerprint density at radius 2 is 1.87 bits per heavy atom. The van der Waals surface area contributed by atoms with Crippen molar-refractivity contribution in [3.63, 3.8) is 0 Å². The number of sulfonamides is 1. The predicted octanol–water partition coefficient (Wildman–Crippen LogP) is 5.90. The average molecular weight is 450 g/mol. The summed E-state index contributed by atoms with van der Waals surface area (Å²) < 4.78 is 29.0. The number of phenols is 2. The molecule has 174 valence electrons. The van der Waals surface area contributed by atoms with Gasteiger partial charge in [-0.15, -0.1) is 0 Å². The van der Waals surface area contributed by atoms with Crippen molar-refractivity contribution in [1.29, 1.82) is 0 Å². The van der Waals surface area contributed by atoms with Gasteiger partial charge in [0.25, 0.3) is 0 Å². The normalized spacial score (nSPS) is 15.0. The Morgan fingerprint density at radius 3 is 2.45 bits per heavy atom. The SMILES string of the molecule is CCCCCc1cc(O)c(C/C=C(\C)CCC=C(C)C)c(O)c1S(=O)(=O)NC1CCC1. The van der Waals surface area contributed by atoms with Gasteiger partial charge in [0.1, 0.15) is 16.4 Å². The van der Waals surface area contributed by atoms with Gasteiger partial charge >= 0.3 is 0 Å². The number of hydrogen-bond acceptors (Lipinski definition) is 4. The van der Waals surface area contributed by atoms with Gasteiger partial charge in [-0.2, -0.15) is 0 Å². The third kappa shape index (κ3) is 7.39. The molecule has 0 radical (unpaired) electrons. The predicted molar refractivity (Wildman–Crippen MR) is 127 cm³/mol. The quantitative estimate of drug-likeness (QED) is 0.274. The summed E-state index contributed by atoms with van der Waals surface area (Å²) in [5, 5.41) is 21.6. The summed E-state index contributed by atoms with van der Waals surface area (Å²) in [6, 6.07) is 1.47. The third-order valence-corrected chi connectivity index (χ3v) is 7.54. The molecule has 1 saturated carbocycles. The van der Waals surface area contributed by atoms with Crippen LogP contribution in [0.5, 0.6) is 11.5 Å². The topological polar surface area (TPSA) is 86.6 Å². The summed E-state index contributed by atoms with van der Waals surface area (Å²) in [7, 11) is -3.86. The highest BCUT2D eigenvalue weighted by atomic mass is 32.2. The van der Waals surface area contributed by atoms with Gasteiger partial charge in [-0.1, -0.05) is 49.5 Å². The largest absolute Gasteiger partial charge is 0.508 e. The molecule has 1 aromatic rings. The molecule has 1 aromatic carbocycles. The number of aromatic hydroxyl groups is 2. The summed E-state index contributed by atoms with van der Waals surface area (Å²) in [5.74, 6) is -0.355. The number of unbranched alkanes of at least 4 members (excludes halogenated alkanes) is 2. The Morgan fingerprint density at radius 1 is 1.16 bits per heavy atom. The summed E-state index contributed by atoms with van der Waals surface area (Å²) in [6.07, 6.45) is 12.2. The van der Waals surface area contributed by atoms with Crippen LogP contribution in [0.1, 0.15) is 90.2 Å². The van der Waals surface area contributed by atoms with E-state index in [1.54, 1.807) is 0 Å². The van der Waals surface area contributed by atoms with E-state index in [9.17, 15) is 18.6 Å². The van der Waals surface area contributed by atoms with E-state index in [4.69, 9.17) is 0 Å². The smallest absolute Gasteiger partial charge is 0.244 e. The van der Waals surface area contributed by atoms with E-state index in [1.807, 2.05) is 13.0 Å². The van der Waals surface area contributed by atoms with Crippen LogP contribution in [0.25, 0.3) is 0 Å². The molecule has 1 aliphatic carbocycles. The van der Waals surface area contributed by atoms with Gasteiger partial charge in [0.15, 0.2) is 0 Å². The molecule has 0 bridgehead atoms. The molecule has 0 unspecified atom stereocenters. The first-order valence-corrected chi connectivity index (χ1v) is 13.0. The Hall–Kier alpha value is -1.79. The molecule has 0 saturated heterocycles. The second-order valence-electron chi connectivity index (χ2n) is 8.99. The first-order valence-electron chi connectivity index (χ1n) is 11.5. The van der Waals surface area contributed by atoms with Crippen molar-refractivity contribution in [1.82, 2.24) is 4.72 Å². The molecular formula is C25H39NO4S. The first kappa shape index (κ1) is 25.5. The Labute approximate surface area is 188 Å². The molecule has 3 N–H and O–H groups in total. The summed E-state index contributed by atoms with van der Waals surface area (Å²) in [6.45, 7) is 8.23. The number of benzene rings is 1. The highest BCUT2D eigenvalue weighted by molar-refractivity contribution is 7.89. The maximum Gasteiger partial charge on any atom is 0.244 e. The molecule has 2 rings (SSSR count). The minimum Gasteiger partial charge on any atom is -0.508 e. The fraction of sp³-hybridized carbons (Fsp3) is 0.600. The lowest BCUT2D eigenvalue weighted by Gasteiger charge is -2.27. The van der Waals surface area contributed by atoms with Crippen LogP contribution in [0.4, 0.5) is 0 Å². The number of nitrogens with one attached hydrogen (secondary N) is 1. The molecule has 0 spiro atoms. The lowest BCUT2D eigenvalue weighted by molar-refractivity contribution is 0.381. The molecular weight excluding hydrogens is 410 g/mol. The van der Waals surface area contributed by atoms with Crippen molar-refractivity contribution in [2.45, 2.75) is 103 Å². The standard InChI is InChI=1S/C25H39NO4S/c1-5-6-7-12-20-17-23(27)22(16-15-19(4)11-8-10-18(2)3)24(28)25(20)31(29,30)26-21-13-9-14-21/h10,15,17,21,26-28H,5-9,11-14,16H2,1-4H3/b19-15+. The minimum atomic E-state index is -3.86. The molecule has 0 heterocycles. The van der Waals surface area contributed by atoms with Crippen molar-refractivity contribution in [2.24, 2.45) is 0 Å². The van der Waals surface area contributed by atoms with Gasteiger partial charge in [0.2, 0.25) is 10.0 Å². The van der Waals surface area contributed by atoms with Crippen molar-refractivity contribution >= 4 is 10.0 Å². The van der Waals surface area contributed by atoms with Crippen LogP contribution in [0.3, 0.4) is 0 Å². The Balaban J connectivity index is 2.35. The number of allylic oxidation sites excluding steroid dienone is 4. The Bertz CT molecular complexity index is 908. The van der Waals surface area contributed by atoms with Crippen LogP contribution in [-0.2, 0) is 22.9 Å². The van der Waals surface area contributed by atoms with Crippen LogP contribution >= 0.6 is 0 Å². The molecule has 5 nitrogen and oxygen atoms in total. The van der Waals surface area contributed by atoms with E-state index in [0.29, 0.717) is 18.4 Å². The second-order valence-corrected chi connectivity index (χ2v) is 10.6. The maximum absolute atomic E-state index is 13.1. The average Bonchev–Trinajstić information content (AvgIpc) is 2.64. The molecule has 6 heteroatoms. The number of rotatable bonds is 12. The van der Waals surface area contributed by atoms with Crippen LogP contribution in [-0.4, -0.2) is 24.7 Å². The highest BCUT2D eigenvalue weighted by Crippen LogP contribution is 2.39. The lowest BCUT2D eigenvalue weighted by Crippen LogP contribution is -2.39. The molecule has 31 heavy (non-hydrogen) atoms. The first-order chi connectivity index (χ1) is 14.7.